The molecule has 1 rings (SSSR count). The summed E-state index contributed by atoms with van der Waals surface area (Å²) in [6.45, 7) is 5.37. The van der Waals surface area contributed by atoms with E-state index in [4.69, 9.17) is 0 Å². The van der Waals surface area contributed by atoms with E-state index < -0.39 is 5.60 Å². The molecule has 0 aromatic carbocycles. The molecule has 0 saturated carbocycles. The minimum Gasteiger partial charge on any atom is -0.386 e. The molecule has 0 spiro atoms. The van der Waals surface area contributed by atoms with Crippen molar-refractivity contribution < 1.29 is 5.11 Å². The first kappa shape index (κ1) is 9.49. The molecule has 1 atom stereocenters. The lowest BCUT2D eigenvalue weighted by atomic mass is 10.0. The van der Waals surface area contributed by atoms with Gasteiger partial charge in [-0.25, -0.2) is 0 Å². The van der Waals surface area contributed by atoms with Crippen LogP contribution in [0.5, 0.6) is 0 Å². The van der Waals surface area contributed by atoms with Crippen molar-refractivity contribution in [1.82, 2.24) is 0 Å². The van der Waals surface area contributed by atoms with Crippen molar-refractivity contribution in [3.8, 4) is 0 Å². The number of aryl methyl sites for hydroxylation is 1. The van der Waals surface area contributed by atoms with Crippen LogP contribution < -0.4 is 0 Å². The SMILES string of the molecule is C=CC(C)(O)CCc1cccs1. The number of thiophene rings is 1. The zero-order chi connectivity index (χ0) is 9.03. The van der Waals surface area contributed by atoms with Gasteiger partial charge in [0.1, 0.15) is 0 Å². The molecule has 1 nitrogen and oxygen atoms in total. The van der Waals surface area contributed by atoms with Crippen LogP contribution in [-0.4, -0.2) is 10.7 Å². The lowest BCUT2D eigenvalue weighted by Gasteiger charge is -2.17. The molecule has 0 bridgehead atoms. The second-order valence-corrected chi connectivity index (χ2v) is 4.17. The summed E-state index contributed by atoms with van der Waals surface area (Å²) in [5.74, 6) is 0. The lowest BCUT2D eigenvalue weighted by molar-refractivity contribution is 0.103. The zero-order valence-electron chi connectivity index (χ0n) is 7.29. The third-order valence-electron chi connectivity index (χ3n) is 1.90. The first-order chi connectivity index (χ1) is 5.64. The minimum atomic E-state index is -0.718. The summed E-state index contributed by atoms with van der Waals surface area (Å²) in [7, 11) is 0. The molecule has 2 heteroatoms. The molecule has 0 saturated heterocycles. The van der Waals surface area contributed by atoms with Gasteiger partial charge >= 0.3 is 0 Å². The fourth-order valence-corrected chi connectivity index (χ4v) is 1.64. The molecular formula is C10H14OS. The molecule has 66 valence electrons. The van der Waals surface area contributed by atoms with Crippen molar-refractivity contribution in [2.45, 2.75) is 25.4 Å². The van der Waals surface area contributed by atoms with Gasteiger partial charge in [0.15, 0.2) is 0 Å². The van der Waals surface area contributed by atoms with Gasteiger partial charge in [-0.1, -0.05) is 12.1 Å². The fraction of sp³-hybridized carbons (Fsp3) is 0.400. The Kier molecular flexibility index (Phi) is 3.06. The van der Waals surface area contributed by atoms with Crippen LogP contribution in [0.25, 0.3) is 0 Å². The molecule has 0 aliphatic rings. The van der Waals surface area contributed by atoms with Crippen LogP contribution >= 0.6 is 11.3 Å². The van der Waals surface area contributed by atoms with Crippen molar-refractivity contribution in [3.05, 3.63) is 35.0 Å². The molecule has 0 amide bonds. The van der Waals surface area contributed by atoms with Crippen molar-refractivity contribution in [2.75, 3.05) is 0 Å². The highest BCUT2D eigenvalue weighted by Gasteiger charge is 2.14. The van der Waals surface area contributed by atoms with E-state index in [1.807, 2.05) is 6.07 Å². The Morgan fingerprint density at radius 3 is 3.00 bits per heavy atom. The average molecular weight is 182 g/mol. The Labute approximate surface area is 77.4 Å². The van der Waals surface area contributed by atoms with E-state index in [9.17, 15) is 5.11 Å². The van der Waals surface area contributed by atoms with Crippen LogP contribution in [0.1, 0.15) is 18.2 Å². The first-order valence-corrected chi connectivity index (χ1v) is 4.90. The van der Waals surface area contributed by atoms with E-state index in [-0.39, 0.29) is 0 Å². The maximum Gasteiger partial charge on any atom is 0.0800 e. The van der Waals surface area contributed by atoms with Crippen LogP contribution in [0.15, 0.2) is 30.2 Å². The summed E-state index contributed by atoms with van der Waals surface area (Å²) in [6, 6.07) is 4.12. The maximum absolute atomic E-state index is 9.61. The fourth-order valence-electron chi connectivity index (χ4n) is 0.933. The van der Waals surface area contributed by atoms with Crippen LogP contribution in [0.2, 0.25) is 0 Å². The maximum atomic E-state index is 9.61. The van der Waals surface area contributed by atoms with Crippen LogP contribution in [-0.2, 0) is 6.42 Å². The molecule has 1 heterocycles. The van der Waals surface area contributed by atoms with Crippen LogP contribution in [0.4, 0.5) is 0 Å². The quantitative estimate of drug-likeness (QED) is 0.710. The lowest BCUT2D eigenvalue weighted by Crippen LogP contribution is -2.20. The molecule has 1 aromatic rings. The van der Waals surface area contributed by atoms with Crippen LogP contribution in [0, 0.1) is 0 Å². The predicted molar refractivity (Wildman–Crippen MR) is 53.5 cm³/mol. The Morgan fingerprint density at radius 1 is 1.75 bits per heavy atom. The van der Waals surface area contributed by atoms with E-state index in [0.717, 1.165) is 12.8 Å². The molecule has 0 radical (unpaired) electrons. The van der Waals surface area contributed by atoms with Gasteiger partial charge < -0.3 is 5.11 Å². The van der Waals surface area contributed by atoms with Gasteiger partial charge in [0.25, 0.3) is 0 Å². The molecule has 12 heavy (non-hydrogen) atoms. The van der Waals surface area contributed by atoms with Crippen molar-refractivity contribution in [3.63, 3.8) is 0 Å². The Morgan fingerprint density at radius 2 is 2.50 bits per heavy atom. The summed E-state index contributed by atoms with van der Waals surface area (Å²) >= 11 is 1.73. The van der Waals surface area contributed by atoms with Crippen molar-refractivity contribution >= 4 is 11.3 Å². The number of rotatable bonds is 4. The van der Waals surface area contributed by atoms with Gasteiger partial charge in [-0.2, -0.15) is 0 Å². The molecular weight excluding hydrogens is 168 g/mol. The highest BCUT2D eigenvalue weighted by atomic mass is 32.1. The Hall–Kier alpha value is -0.600. The van der Waals surface area contributed by atoms with E-state index in [2.05, 4.69) is 18.0 Å². The third kappa shape index (κ3) is 2.80. The second kappa shape index (κ2) is 3.87. The number of hydrogen-bond acceptors (Lipinski definition) is 2. The normalized spacial score (nSPS) is 15.5. The molecule has 1 N–H and O–H groups in total. The van der Waals surface area contributed by atoms with E-state index >= 15 is 0 Å². The largest absolute Gasteiger partial charge is 0.386 e. The molecule has 1 unspecified atom stereocenters. The van der Waals surface area contributed by atoms with Gasteiger partial charge in [0.05, 0.1) is 5.60 Å². The standard InChI is InChI=1S/C10H14OS/c1-3-10(2,11)7-6-9-5-4-8-12-9/h3-5,8,11H,1,6-7H2,2H3. The summed E-state index contributed by atoms with van der Waals surface area (Å²) in [5, 5.41) is 11.7. The average Bonchev–Trinajstić information content (AvgIpc) is 2.53. The summed E-state index contributed by atoms with van der Waals surface area (Å²) in [5.41, 5.74) is -0.718. The Balaban J connectivity index is 2.41. The van der Waals surface area contributed by atoms with Gasteiger partial charge in [0.2, 0.25) is 0 Å². The van der Waals surface area contributed by atoms with Crippen molar-refractivity contribution in [1.29, 1.82) is 0 Å². The number of aliphatic hydroxyl groups is 1. The molecule has 0 aliphatic heterocycles. The minimum absolute atomic E-state index is 0.718. The monoisotopic (exact) mass is 182 g/mol. The first-order valence-electron chi connectivity index (χ1n) is 4.02. The van der Waals surface area contributed by atoms with Gasteiger partial charge in [-0.3, -0.25) is 0 Å². The van der Waals surface area contributed by atoms with E-state index in [1.54, 1.807) is 24.3 Å². The molecule has 1 aromatic heterocycles. The highest BCUT2D eigenvalue weighted by Crippen LogP contribution is 2.17. The summed E-state index contributed by atoms with van der Waals surface area (Å²) in [4.78, 5) is 1.32. The van der Waals surface area contributed by atoms with Gasteiger partial charge in [-0.05, 0) is 31.2 Å². The number of hydrogen-bond donors (Lipinski definition) is 1. The van der Waals surface area contributed by atoms with Gasteiger partial charge in [0, 0.05) is 4.88 Å². The second-order valence-electron chi connectivity index (χ2n) is 3.14. The van der Waals surface area contributed by atoms with Crippen LogP contribution in [0.3, 0.4) is 0 Å². The van der Waals surface area contributed by atoms with Gasteiger partial charge in [-0.15, -0.1) is 17.9 Å². The van der Waals surface area contributed by atoms with Crippen molar-refractivity contribution in [2.24, 2.45) is 0 Å². The van der Waals surface area contributed by atoms with E-state index in [0.29, 0.717) is 0 Å². The molecule has 0 aliphatic carbocycles. The summed E-state index contributed by atoms with van der Waals surface area (Å²) < 4.78 is 0. The smallest absolute Gasteiger partial charge is 0.0800 e. The van der Waals surface area contributed by atoms with E-state index in [1.165, 1.54) is 4.88 Å². The summed E-state index contributed by atoms with van der Waals surface area (Å²) in [6.07, 6.45) is 3.27. The topological polar surface area (TPSA) is 20.2 Å². The highest BCUT2D eigenvalue weighted by molar-refractivity contribution is 7.09. The molecule has 0 fully saturated rings. The Bertz CT molecular complexity index is 236. The zero-order valence-corrected chi connectivity index (χ0v) is 8.10. The predicted octanol–water partition coefficient (Wildman–Crippen LogP) is 2.62. The third-order valence-corrected chi connectivity index (χ3v) is 2.83.